The highest BCUT2D eigenvalue weighted by Gasteiger charge is 2.22. The highest BCUT2D eigenvalue weighted by atomic mass is 31.2. The molecule has 0 aromatic heterocycles. The summed E-state index contributed by atoms with van der Waals surface area (Å²) in [5, 5.41) is 29.5. The van der Waals surface area contributed by atoms with Crippen molar-refractivity contribution in [1.82, 2.24) is 0 Å². The summed E-state index contributed by atoms with van der Waals surface area (Å²) in [6, 6.07) is 1.07. The van der Waals surface area contributed by atoms with Crippen LogP contribution in [-0.2, 0) is 4.57 Å². The van der Waals surface area contributed by atoms with Gasteiger partial charge in [0.05, 0.1) is 42.3 Å². The summed E-state index contributed by atoms with van der Waals surface area (Å²) in [6.45, 7) is 13.3. The van der Waals surface area contributed by atoms with E-state index in [-0.39, 0.29) is 13.9 Å². The number of rotatable bonds is 54. The van der Waals surface area contributed by atoms with Crippen molar-refractivity contribution in [3.63, 3.8) is 0 Å². The Morgan fingerprint density at radius 3 is 0.442 bits per heavy atom. The molecule has 0 aliphatic carbocycles. The third kappa shape index (κ3) is 80.2. The van der Waals surface area contributed by atoms with Crippen molar-refractivity contribution >= 4 is 7.82 Å². The molecule has 0 bridgehead atoms. The molecule has 0 saturated carbocycles. The minimum atomic E-state index is -5.39. The number of unbranched alkanes of at least 4 members (excludes halogenated alkanes) is 45. The van der Waals surface area contributed by atoms with Gasteiger partial charge in [-0.2, -0.15) is 21.8 Å². The number of hydroxylamine groups is 9. The third-order valence-electron chi connectivity index (χ3n) is 16.7. The molecule has 0 heterocycles. The first-order valence-corrected chi connectivity index (χ1v) is 35.3. The summed E-state index contributed by atoms with van der Waals surface area (Å²) in [7, 11) is 5.84. The first-order valence-electron chi connectivity index (χ1n) is 33.9. The number of nitrogens with zero attached hydrogens (tertiary/aromatic N) is 3. The van der Waals surface area contributed by atoms with Crippen LogP contribution < -0.4 is 14.7 Å². The molecule has 0 aromatic carbocycles. The summed E-state index contributed by atoms with van der Waals surface area (Å²) in [6.07, 6.45) is 71.5. The van der Waals surface area contributed by atoms with Crippen molar-refractivity contribution in [3.05, 3.63) is 0 Å². The van der Waals surface area contributed by atoms with E-state index in [4.69, 9.17) is 19.2 Å². The molecule has 3 N–H and O–H groups in total. The maximum atomic E-state index is 9.85. The normalized spacial score (nSPS) is 13.3. The predicted molar refractivity (Wildman–Crippen MR) is 330 cm³/mol. The van der Waals surface area contributed by atoms with Crippen molar-refractivity contribution in [2.45, 2.75) is 387 Å². The molecule has 0 rings (SSSR count). The Kier molecular flexibility index (Phi) is 65.4. The second-order valence-electron chi connectivity index (χ2n) is 25.7. The zero-order valence-electron chi connectivity index (χ0n) is 54.6. The molecule has 77 heavy (non-hydrogen) atoms. The summed E-state index contributed by atoms with van der Waals surface area (Å²) in [5.74, 6) is 0. The number of phosphoric acid groups is 1. The molecule has 0 saturated heterocycles. The van der Waals surface area contributed by atoms with E-state index in [2.05, 4.69) is 41.5 Å². The third-order valence-corrected chi connectivity index (χ3v) is 16.7. The highest BCUT2D eigenvalue weighted by Crippen LogP contribution is 2.20. The Morgan fingerprint density at radius 1 is 0.260 bits per heavy atom. The van der Waals surface area contributed by atoms with E-state index in [1.807, 2.05) is 42.3 Å². The second kappa shape index (κ2) is 60.5. The molecule has 3 unspecified atom stereocenters. The fourth-order valence-corrected chi connectivity index (χ4v) is 9.91. The van der Waals surface area contributed by atoms with E-state index in [0.717, 1.165) is 19.3 Å². The average molecular weight is 1120 g/mol. The van der Waals surface area contributed by atoms with E-state index < -0.39 is 7.82 Å². The molecule has 0 radical (unpaired) electrons. The van der Waals surface area contributed by atoms with Gasteiger partial charge in [-0.05, 0) is 40.0 Å². The highest BCUT2D eigenvalue weighted by molar-refractivity contribution is 7.40. The zero-order valence-corrected chi connectivity index (χ0v) is 55.5. The van der Waals surface area contributed by atoms with Crippen LogP contribution in [0.25, 0.3) is 0 Å². The van der Waals surface area contributed by atoms with Gasteiger partial charge >= 0.3 is 0 Å². The molecule has 0 fully saturated rings. The standard InChI is InChI=1S/3C22H48NO.H3O4P/c3*1-5-6-7-8-9-10-11-12-13-14-15-16-17-18-19-20-21-22(2)23(3,4)24;1-5(2,3)4/h3*22,24H,5-21H2,1-4H3;(H3,1,2,3,4)/q3*+1;/p-3. The van der Waals surface area contributed by atoms with E-state index in [1.165, 1.54) is 308 Å². The van der Waals surface area contributed by atoms with Crippen LogP contribution in [0.2, 0.25) is 0 Å². The lowest BCUT2D eigenvalue weighted by Crippen LogP contribution is -2.43. The van der Waals surface area contributed by atoms with Gasteiger partial charge in [0.15, 0.2) is 0 Å². The van der Waals surface area contributed by atoms with Gasteiger partial charge in [0, 0.05) is 19.3 Å². The number of hydrogen-bond donors (Lipinski definition) is 3. The lowest BCUT2D eigenvalue weighted by atomic mass is 10.0. The Bertz CT molecular complexity index is 1020. The van der Waals surface area contributed by atoms with Crippen molar-refractivity contribution < 1.29 is 48.8 Å². The molecule has 0 aromatic rings. The molecule has 10 nitrogen and oxygen atoms in total. The molecule has 0 amide bonds. The van der Waals surface area contributed by atoms with Crippen LogP contribution in [-0.4, -0.2) is 90.0 Å². The van der Waals surface area contributed by atoms with Gasteiger partial charge in [0.25, 0.3) is 0 Å². The van der Waals surface area contributed by atoms with Crippen LogP contribution >= 0.6 is 7.82 Å². The zero-order chi connectivity index (χ0) is 58.8. The predicted octanol–water partition coefficient (Wildman–Crippen LogP) is 19.7. The SMILES string of the molecule is CCCCCCCCCCCCCCCCCCC(C)[N+](C)(C)O.CCCCCCCCCCCCCCCCCCC(C)[N+](C)(C)O.CCCCCCCCCCCCCCCCCCC(C)[N+](C)(C)O.O=P([O-])([O-])[O-]. The molecule has 0 aliphatic rings. The molecule has 11 heteroatoms. The maximum absolute atomic E-state index is 9.85. The average Bonchev–Trinajstić information content (AvgIpc) is 3.34. The summed E-state index contributed by atoms with van der Waals surface area (Å²) in [5.41, 5.74) is 0. The van der Waals surface area contributed by atoms with Crippen LogP contribution in [0.15, 0.2) is 0 Å². The summed E-state index contributed by atoms with van der Waals surface area (Å²) < 4.78 is 8.88. The van der Waals surface area contributed by atoms with Gasteiger partial charge in [-0.1, -0.05) is 310 Å². The van der Waals surface area contributed by atoms with Crippen LogP contribution in [0.1, 0.15) is 369 Å². The maximum Gasteiger partial charge on any atom is 0.116 e. The van der Waals surface area contributed by atoms with Gasteiger partial charge in [0.1, 0.15) is 18.1 Å². The molecule has 470 valence electrons. The van der Waals surface area contributed by atoms with Crippen molar-refractivity contribution in [3.8, 4) is 0 Å². The van der Waals surface area contributed by atoms with Gasteiger partial charge in [-0.15, -0.1) is 0 Å². The summed E-state index contributed by atoms with van der Waals surface area (Å²) >= 11 is 0. The van der Waals surface area contributed by atoms with Crippen LogP contribution in [0.4, 0.5) is 0 Å². The molecular formula is C66H144N3O7P. The second-order valence-corrected chi connectivity index (χ2v) is 26.6. The number of hydrogen-bond acceptors (Lipinski definition) is 7. The summed E-state index contributed by atoms with van der Waals surface area (Å²) in [4.78, 5) is 25.6. The van der Waals surface area contributed by atoms with Gasteiger partial charge in [-0.3, -0.25) is 0 Å². The monoisotopic (exact) mass is 1120 g/mol. The molecular weight excluding hydrogens is 978 g/mol. The molecule has 3 atom stereocenters. The fourth-order valence-electron chi connectivity index (χ4n) is 9.91. The first kappa shape index (κ1) is 83.3. The topological polar surface area (TPSA) is 147 Å². The molecule has 0 spiro atoms. The minimum absolute atomic E-state index is 0.110. The Labute approximate surface area is 484 Å². The van der Waals surface area contributed by atoms with E-state index in [1.54, 1.807) is 0 Å². The Morgan fingerprint density at radius 2 is 0.351 bits per heavy atom. The van der Waals surface area contributed by atoms with E-state index in [0.29, 0.717) is 18.1 Å². The van der Waals surface area contributed by atoms with Crippen molar-refractivity contribution in [2.24, 2.45) is 0 Å². The largest absolute Gasteiger partial charge is 0.822 e. The quantitative estimate of drug-likeness (QED) is 0.0238. The van der Waals surface area contributed by atoms with E-state index >= 15 is 0 Å². The van der Waals surface area contributed by atoms with E-state index in [9.17, 15) is 15.6 Å². The van der Waals surface area contributed by atoms with Gasteiger partial charge in [-0.25, -0.2) is 15.6 Å². The Hall–Kier alpha value is -0.130. The van der Waals surface area contributed by atoms with Crippen molar-refractivity contribution in [2.75, 3.05) is 42.3 Å². The lowest BCUT2D eigenvalue weighted by Gasteiger charge is -2.36. The smallest absolute Gasteiger partial charge is 0.116 e. The first-order chi connectivity index (χ1) is 36.4. The lowest BCUT2D eigenvalue weighted by molar-refractivity contribution is -1.09. The van der Waals surface area contributed by atoms with Crippen molar-refractivity contribution in [1.29, 1.82) is 0 Å². The van der Waals surface area contributed by atoms with Crippen LogP contribution in [0.3, 0.4) is 0 Å². The number of quaternary nitrogens is 3. The molecule has 0 aliphatic heterocycles. The van der Waals surface area contributed by atoms with Crippen LogP contribution in [0.5, 0.6) is 0 Å². The fraction of sp³-hybridized carbons (Fsp3) is 1.00. The Balaban J connectivity index is -0.000000495. The minimum Gasteiger partial charge on any atom is -0.822 e. The van der Waals surface area contributed by atoms with Gasteiger partial charge in [0.2, 0.25) is 0 Å². The van der Waals surface area contributed by atoms with Gasteiger partial charge < -0.3 is 19.2 Å². The van der Waals surface area contributed by atoms with Crippen LogP contribution in [0, 0.1) is 0 Å².